The summed E-state index contributed by atoms with van der Waals surface area (Å²) < 4.78 is 5.89. The maximum atomic E-state index is 12.7. The third-order valence-electron chi connectivity index (χ3n) is 4.81. The molecule has 2 heterocycles. The van der Waals surface area contributed by atoms with E-state index in [0.717, 1.165) is 11.3 Å². The first kappa shape index (κ1) is 20.8. The number of nitrogens with zero attached hydrogens (tertiary/aromatic N) is 2. The maximum absolute atomic E-state index is 12.7. The Morgan fingerprint density at radius 3 is 2.60 bits per heavy atom. The molecule has 3 aromatic rings. The monoisotopic (exact) mass is 456 g/mol. The van der Waals surface area contributed by atoms with Crippen LogP contribution >= 0.6 is 35.0 Å². The SMILES string of the molecule is Cc1ccc(N=C2S/C(=C/c3ccc(-c4cc(Cl)ccc4Cl)o3)C(=O)N2C)cc1C. The van der Waals surface area contributed by atoms with Crippen LogP contribution in [0.2, 0.25) is 10.0 Å². The molecular formula is C23H18Cl2N2O2S. The van der Waals surface area contributed by atoms with Crippen molar-refractivity contribution in [1.29, 1.82) is 0 Å². The summed E-state index contributed by atoms with van der Waals surface area (Å²) in [7, 11) is 1.72. The highest BCUT2D eigenvalue weighted by Crippen LogP contribution is 2.36. The zero-order valence-electron chi connectivity index (χ0n) is 16.6. The van der Waals surface area contributed by atoms with Crippen LogP contribution in [0.15, 0.2) is 62.8 Å². The molecule has 0 bridgehead atoms. The minimum absolute atomic E-state index is 0.124. The summed E-state index contributed by atoms with van der Waals surface area (Å²) in [6.45, 7) is 4.10. The molecule has 0 radical (unpaired) electrons. The highest BCUT2D eigenvalue weighted by molar-refractivity contribution is 8.18. The molecule has 7 heteroatoms. The third kappa shape index (κ3) is 4.19. The van der Waals surface area contributed by atoms with Crippen molar-refractivity contribution in [2.24, 2.45) is 4.99 Å². The Hall–Kier alpha value is -2.47. The Morgan fingerprint density at radius 1 is 1.03 bits per heavy atom. The van der Waals surface area contributed by atoms with Gasteiger partial charge in [0.1, 0.15) is 11.5 Å². The first-order chi connectivity index (χ1) is 14.3. The number of carbonyl (C=O) groups is 1. The average Bonchev–Trinajstić information content (AvgIpc) is 3.27. The van der Waals surface area contributed by atoms with E-state index in [1.807, 2.05) is 31.2 Å². The Bertz CT molecular complexity index is 1210. The van der Waals surface area contributed by atoms with E-state index in [1.165, 1.54) is 17.3 Å². The Balaban J connectivity index is 1.61. The van der Waals surface area contributed by atoms with E-state index in [2.05, 4.69) is 11.9 Å². The summed E-state index contributed by atoms with van der Waals surface area (Å²) in [5, 5.41) is 1.74. The van der Waals surface area contributed by atoms with Gasteiger partial charge in [0.25, 0.3) is 5.91 Å². The van der Waals surface area contributed by atoms with Gasteiger partial charge in [-0.3, -0.25) is 9.69 Å². The number of carbonyl (C=O) groups excluding carboxylic acids is 1. The predicted molar refractivity (Wildman–Crippen MR) is 126 cm³/mol. The van der Waals surface area contributed by atoms with E-state index in [9.17, 15) is 4.79 Å². The number of hydrogen-bond acceptors (Lipinski definition) is 4. The van der Waals surface area contributed by atoms with Gasteiger partial charge in [-0.25, -0.2) is 4.99 Å². The number of likely N-dealkylation sites (N-methyl/N-ethyl adjacent to an activating group) is 1. The molecule has 0 N–H and O–H groups in total. The number of benzene rings is 2. The second-order valence-corrected chi connectivity index (χ2v) is 8.82. The van der Waals surface area contributed by atoms with Crippen molar-refractivity contribution in [2.45, 2.75) is 13.8 Å². The van der Waals surface area contributed by atoms with Gasteiger partial charge in [-0.15, -0.1) is 0 Å². The van der Waals surface area contributed by atoms with Gasteiger partial charge in [-0.2, -0.15) is 0 Å². The van der Waals surface area contributed by atoms with Crippen LogP contribution in [0.5, 0.6) is 0 Å². The van der Waals surface area contributed by atoms with Gasteiger partial charge >= 0.3 is 0 Å². The van der Waals surface area contributed by atoms with Crippen molar-refractivity contribution >= 4 is 57.8 Å². The van der Waals surface area contributed by atoms with Crippen LogP contribution in [0.1, 0.15) is 16.9 Å². The zero-order chi connectivity index (χ0) is 21.4. The van der Waals surface area contributed by atoms with Gasteiger partial charge in [0.2, 0.25) is 0 Å². The fourth-order valence-corrected chi connectivity index (χ4v) is 4.30. The third-order valence-corrected chi connectivity index (χ3v) is 6.44. The van der Waals surface area contributed by atoms with E-state index in [1.54, 1.807) is 42.3 Å². The molecule has 1 fully saturated rings. The standard InChI is InChI=1S/C23H18Cl2N2O2S/c1-13-4-6-16(10-14(13)2)26-23-27(3)22(28)21(30-23)12-17-7-9-20(29-17)18-11-15(24)5-8-19(18)25/h4-12H,1-3H3/b21-12+,26-23?. The molecule has 1 saturated heterocycles. The van der Waals surface area contributed by atoms with Crippen LogP contribution in [0.25, 0.3) is 17.4 Å². The lowest BCUT2D eigenvalue weighted by Gasteiger charge is -2.08. The van der Waals surface area contributed by atoms with Crippen molar-refractivity contribution in [2.75, 3.05) is 7.05 Å². The van der Waals surface area contributed by atoms with Gasteiger partial charge in [0.15, 0.2) is 5.17 Å². The number of rotatable bonds is 3. The average molecular weight is 457 g/mol. The molecule has 2 aromatic carbocycles. The van der Waals surface area contributed by atoms with E-state index in [-0.39, 0.29) is 5.91 Å². The molecule has 4 nitrogen and oxygen atoms in total. The Morgan fingerprint density at radius 2 is 1.83 bits per heavy atom. The molecule has 4 rings (SSSR count). The normalized spacial score (nSPS) is 16.8. The first-order valence-electron chi connectivity index (χ1n) is 9.20. The van der Waals surface area contributed by atoms with Gasteiger partial charge in [0.05, 0.1) is 15.6 Å². The van der Waals surface area contributed by atoms with Gasteiger partial charge in [-0.1, -0.05) is 29.3 Å². The lowest BCUT2D eigenvalue weighted by Crippen LogP contribution is -2.23. The van der Waals surface area contributed by atoms with Gasteiger partial charge < -0.3 is 4.42 Å². The number of halogens is 2. The lowest BCUT2D eigenvalue weighted by atomic mass is 10.1. The second kappa shape index (κ2) is 8.34. The number of thioether (sulfide) groups is 1. The molecule has 0 atom stereocenters. The van der Waals surface area contributed by atoms with Crippen LogP contribution in [0.3, 0.4) is 0 Å². The number of hydrogen-bond donors (Lipinski definition) is 0. The van der Waals surface area contributed by atoms with Crippen molar-refractivity contribution < 1.29 is 9.21 Å². The smallest absolute Gasteiger partial charge is 0.266 e. The lowest BCUT2D eigenvalue weighted by molar-refractivity contribution is -0.121. The minimum Gasteiger partial charge on any atom is -0.457 e. The summed E-state index contributed by atoms with van der Waals surface area (Å²) in [6.07, 6.45) is 1.72. The van der Waals surface area contributed by atoms with E-state index < -0.39 is 0 Å². The molecule has 30 heavy (non-hydrogen) atoms. The number of furan rings is 1. The Kier molecular flexibility index (Phi) is 5.78. The first-order valence-corrected chi connectivity index (χ1v) is 10.8. The summed E-state index contributed by atoms with van der Waals surface area (Å²) in [4.78, 5) is 19.4. The van der Waals surface area contributed by atoms with Gasteiger partial charge in [0, 0.05) is 23.7 Å². The molecule has 1 amide bonds. The summed E-state index contributed by atoms with van der Waals surface area (Å²) >= 11 is 13.6. The predicted octanol–water partition coefficient (Wildman–Crippen LogP) is 7.10. The highest BCUT2D eigenvalue weighted by Gasteiger charge is 2.30. The summed E-state index contributed by atoms with van der Waals surface area (Å²) in [5.74, 6) is 1.02. The largest absolute Gasteiger partial charge is 0.457 e. The molecular weight excluding hydrogens is 439 g/mol. The van der Waals surface area contributed by atoms with Crippen LogP contribution in [-0.4, -0.2) is 23.0 Å². The minimum atomic E-state index is -0.124. The van der Waals surface area contributed by atoms with Crippen LogP contribution in [0.4, 0.5) is 5.69 Å². The molecule has 1 aromatic heterocycles. The number of aryl methyl sites for hydroxylation is 2. The van der Waals surface area contributed by atoms with Crippen LogP contribution in [-0.2, 0) is 4.79 Å². The fourth-order valence-electron chi connectivity index (χ4n) is 2.95. The van der Waals surface area contributed by atoms with Crippen molar-refractivity contribution in [1.82, 2.24) is 4.90 Å². The fraction of sp³-hybridized carbons (Fsp3) is 0.130. The molecule has 1 aliphatic rings. The number of amides is 1. The van der Waals surface area contributed by atoms with Gasteiger partial charge in [-0.05, 0) is 79.2 Å². The second-order valence-electron chi connectivity index (χ2n) is 6.96. The van der Waals surface area contributed by atoms with Crippen LogP contribution in [0, 0.1) is 13.8 Å². The van der Waals surface area contributed by atoms with Crippen molar-refractivity contribution in [3.05, 3.63) is 80.4 Å². The molecule has 0 saturated carbocycles. The van der Waals surface area contributed by atoms with E-state index in [0.29, 0.717) is 37.2 Å². The highest BCUT2D eigenvalue weighted by atomic mass is 35.5. The molecule has 0 spiro atoms. The zero-order valence-corrected chi connectivity index (χ0v) is 18.9. The maximum Gasteiger partial charge on any atom is 0.266 e. The molecule has 152 valence electrons. The summed E-state index contributed by atoms with van der Waals surface area (Å²) in [5.41, 5.74) is 3.88. The summed E-state index contributed by atoms with van der Waals surface area (Å²) in [6, 6.07) is 14.8. The Labute approximate surface area is 189 Å². The molecule has 1 aliphatic heterocycles. The quantitative estimate of drug-likeness (QED) is 0.394. The molecule has 0 unspecified atom stereocenters. The molecule has 0 aliphatic carbocycles. The topological polar surface area (TPSA) is 45.8 Å². The number of amidine groups is 1. The van der Waals surface area contributed by atoms with Crippen LogP contribution < -0.4 is 0 Å². The van der Waals surface area contributed by atoms with E-state index in [4.69, 9.17) is 27.6 Å². The van der Waals surface area contributed by atoms with Crippen molar-refractivity contribution in [3.8, 4) is 11.3 Å². The van der Waals surface area contributed by atoms with E-state index >= 15 is 0 Å². The van der Waals surface area contributed by atoms with Crippen molar-refractivity contribution in [3.63, 3.8) is 0 Å². The number of aliphatic imine (C=N–C) groups is 1.